The zero-order valence-corrected chi connectivity index (χ0v) is 21.4. The van der Waals surface area contributed by atoms with Gasteiger partial charge in [0.05, 0.1) is 18.2 Å². The lowest BCUT2D eigenvalue weighted by atomic mass is 10.0. The molecule has 5 rings (SSSR count). The van der Waals surface area contributed by atoms with Crippen LogP contribution >= 0.6 is 0 Å². The van der Waals surface area contributed by atoms with Crippen LogP contribution < -0.4 is 14.8 Å². The minimum atomic E-state index is -1.13. The van der Waals surface area contributed by atoms with Gasteiger partial charge < -0.3 is 24.3 Å². The Morgan fingerprint density at radius 3 is 2.74 bits per heavy atom. The SMILES string of the molecule is COc1cc(C(O)N(C)C)ccc1-c1cc2nccc(-c3ccc(O[C@@H]4CCNC[C@@H]4F)c(C#N)c3)c2o1. The molecule has 0 spiro atoms. The van der Waals surface area contributed by atoms with Crippen molar-refractivity contribution in [1.29, 1.82) is 5.26 Å². The van der Waals surface area contributed by atoms with Crippen molar-refractivity contribution in [2.45, 2.75) is 24.9 Å². The normalized spacial score (nSPS) is 18.3. The lowest BCUT2D eigenvalue weighted by Crippen LogP contribution is -2.44. The van der Waals surface area contributed by atoms with E-state index in [4.69, 9.17) is 13.9 Å². The molecule has 1 aliphatic rings. The summed E-state index contributed by atoms with van der Waals surface area (Å²) >= 11 is 0. The van der Waals surface area contributed by atoms with Gasteiger partial charge in [0.25, 0.3) is 0 Å². The Balaban J connectivity index is 1.50. The number of halogens is 1. The number of piperidine rings is 1. The number of aromatic nitrogens is 1. The molecule has 0 bridgehead atoms. The van der Waals surface area contributed by atoms with Gasteiger partial charge in [0.2, 0.25) is 0 Å². The van der Waals surface area contributed by atoms with E-state index in [0.717, 1.165) is 16.7 Å². The second-order valence-electron chi connectivity index (χ2n) is 9.47. The van der Waals surface area contributed by atoms with Gasteiger partial charge in [-0.05, 0) is 68.5 Å². The second kappa shape index (κ2) is 10.8. The molecule has 1 aliphatic heterocycles. The summed E-state index contributed by atoms with van der Waals surface area (Å²) in [6.07, 6.45) is -0.270. The van der Waals surface area contributed by atoms with Crippen LogP contribution in [0, 0.1) is 11.3 Å². The van der Waals surface area contributed by atoms with Gasteiger partial charge in [-0.15, -0.1) is 0 Å². The van der Waals surface area contributed by atoms with Crippen molar-refractivity contribution in [3.63, 3.8) is 0 Å². The van der Waals surface area contributed by atoms with Gasteiger partial charge in [0.1, 0.15) is 47.3 Å². The van der Waals surface area contributed by atoms with Gasteiger partial charge >= 0.3 is 0 Å². The van der Waals surface area contributed by atoms with Gasteiger partial charge in [-0.2, -0.15) is 5.26 Å². The molecule has 2 aromatic heterocycles. The summed E-state index contributed by atoms with van der Waals surface area (Å²) in [5.74, 6) is 1.48. The summed E-state index contributed by atoms with van der Waals surface area (Å²) in [5, 5.41) is 23.2. The number of aliphatic hydroxyl groups excluding tert-OH is 1. The Kier molecular flexibility index (Phi) is 7.29. The van der Waals surface area contributed by atoms with Crippen LogP contribution in [0.5, 0.6) is 11.5 Å². The number of benzene rings is 2. The molecule has 38 heavy (non-hydrogen) atoms. The number of pyridine rings is 1. The standard InChI is InChI=1S/C29H29FN4O4/c1-34(2)29(35)18-4-6-21(26(13-18)36-3)27-14-23-28(38-27)20(8-11-33-23)17-5-7-24(19(12-17)15-31)37-25-9-10-32-16-22(25)30/h4-8,11-14,22,25,29,32,35H,9-10,16H2,1-3H3/t22-,25+,29?/m0/s1. The molecule has 1 fully saturated rings. The molecule has 1 unspecified atom stereocenters. The Bertz CT molecular complexity index is 1500. The zero-order valence-electron chi connectivity index (χ0n) is 21.4. The van der Waals surface area contributed by atoms with Gasteiger partial charge in [-0.25, -0.2) is 4.39 Å². The van der Waals surface area contributed by atoms with E-state index in [1.807, 2.05) is 30.3 Å². The largest absolute Gasteiger partial charge is 0.496 e. The molecule has 196 valence electrons. The van der Waals surface area contributed by atoms with Gasteiger partial charge in [-0.3, -0.25) is 9.88 Å². The van der Waals surface area contributed by atoms with E-state index in [9.17, 15) is 14.8 Å². The van der Waals surface area contributed by atoms with Crippen LogP contribution in [-0.2, 0) is 0 Å². The third-order valence-electron chi connectivity index (χ3n) is 6.73. The summed E-state index contributed by atoms with van der Waals surface area (Å²) in [7, 11) is 5.15. The molecule has 2 N–H and O–H groups in total. The fourth-order valence-corrected chi connectivity index (χ4v) is 4.65. The maximum Gasteiger partial charge on any atom is 0.161 e. The van der Waals surface area contributed by atoms with E-state index in [2.05, 4.69) is 16.4 Å². The number of aliphatic hydroxyl groups is 1. The molecule has 3 atom stereocenters. The summed E-state index contributed by atoms with van der Waals surface area (Å²) in [4.78, 5) is 6.16. The summed E-state index contributed by atoms with van der Waals surface area (Å²) in [6.45, 7) is 0.912. The highest BCUT2D eigenvalue weighted by Crippen LogP contribution is 2.39. The van der Waals surface area contributed by atoms with Crippen molar-refractivity contribution < 1.29 is 23.4 Å². The number of nitrogens with one attached hydrogen (secondary N) is 1. The van der Waals surface area contributed by atoms with Crippen LogP contribution in [0.2, 0.25) is 0 Å². The number of hydrogen-bond acceptors (Lipinski definition) is 8. The van der Waals surface area contributed by atoms with Crippen LogP contribution in [0.4, 0.5) is 4.39 Å². The second-order valence-corrected chi connectivity index (χ2v) is 9.47. The van der Waals surface area contributed by atoms with E-state index in [1.165, 1.54) is 0 Å². The molecule has 2 aromatic carbocycles. The number of methoxy groups -OCH3 is 1. The topological polar surface area (TPSA) is 104 Å². The van der Waals surface area contributed by atoms with Crippen LogP contribution in [-0.4, -0.2) is 61.6 Å². The van der Waals surface area contributed by atoms with Gasteiger partial charge in [0, 0.05) is 24.4 Å². The Labute approximate surface area is 220 Å². The highest BCUT2D eigenvalue weighted by Gasteiger charge is 2.27. The lowest BCUT2D eigenvalue weighted by molar-refractivity contribution is 0.0394. The molecule has 9 heteroatoms. The third-order valence-corrected chi connectivity index (χ3v) is 6.73. The fraction of sp³-hybridized carbons (Fsp3) is 0.310. The Hall–Kier alpha value is -3.97. The smallest absolute Gasteiger partial charge is 0.161 e. The number of alkyl halides is 1. The minimum Gasteiger partial charge on any atom is -0.496 e. The predicted molar refractivity (Wildman–Crippen MR) is 142 cm³/mol. The van der Waals surface area contributed by atoms with Crippen molar-refractivity contribution in [3.8, 4) is 40.0 Å². The molecule has 0 aliphatic carbocycles. The van der Waals surface area contributed by atoms with E-state index in [-0.39, 0.29) is 6.54 Å². The van der Waals surface area contributed by atoms with Crippen LogP contribution in [0.1, 0.15) is 23.8 Å². The molecule has 8 nitrogen and oxygen atoms in total. The monoisotopic (exact) mass is 516 g/mol. The van der Waals surface area contributed by atoms with E-state index < -0.39 is 18.5 Å². The minimum absolute atomic E-state index is 0.240. The van der Waals surface area contributed by atoms with Gasteiger partial charge in [-0.1, -0.05) is 12.1 Å². The van der Waals surface area contributed by atoms with Crippen LogP contribution in [0.3, 0.4) is 0 Å². The van der Waals surface area contributed by atoms with Crippen molar-refractivity contribution in [2.24, 2.45) is 0 Å². The lowest BCUT2D eigenvalue weighted by Gasteiger charge is -2.27. The molecule has 4 aromatic rings. The van der Waals surface area contributed by atoms with Crippen molar-refractivity contribution in [3.05, 3.63) is 65.9 Å². The fourth-order valence-electron chi connectivity index (χ4n) is 4.65. The highest BCUT2D eigenvalue weighted by molar-refractivity contribution is 5.93. The number of ether oxygens (including phenoxy) is 2. The van der Waals surface area contributed by atoms with Crippen LogP contribution in [0.15, 0.2) is 59.1 Å². The van der Waals surface area contributed by atoms with Crippen LogP contribution in [0.25, 0.3) is 33.6 Å². The number of hydrogen-bond donors (Lipinski definition) is 2. The van der Waals surface area contributed by atoms with Crippen molar-refractivity contribution in [2.75, 3.05) is 34.3 Å². The first-order valence-electron chi connectivity index (χ1n) is 12.4. The van der Waals surface area contributed by atoms with E-state index in [1.54, 1.807) is 50.5 Å². The maximum atomic E-state index is 14.3. The summed E-state index contributed by atoms with van der Waals surface area (Å²) < 4.78 is 32.0. The molecular formula is C29H29FN4O4. The first-order valence-corrected chi connectivity index (χ1v) is 12.4. The quantitative estimate of drug-likeness (QED) is 0.342. The van der Waals surface area contributed by atoms with Crippen molar-refractivity contribution >= 4 is 11.1 Å². The predicted octanol–water partition coefficient (Wildman–Crippen LogP) is 4.67. The summed E-state index contributed by atoms with van der Waals surface area (Å²) in [5.41, 5.74) is 4.44. The molecule has 1 saturated heterocycles. The number of fused-ring (bicyclic) bond motifs is 1. The average molecular weight is 517 g/mol. The van der Waals surface area contributed by atoms with Gasteiger partial charge in [0.15, 0.2) is 5.58 Å². The van der Waals surface area contributed by atoms with E-state index >= 15 is 0 Å². The zero-order chi connectivity index (χ0) is 26.8. The average Bonchev–Trinajstić information content (AvgIpc) is 3.38. The Morgan fingerprint density at radius 1 is 1.16 bits per heavy atom. The van der Waals surface area contributed by atoms with E-state index in [0.29, 0.717) is 52.5 Å². The maximum absolute atomic E-state index is 14.3. The first-order chi connectivity index (χ1) is 18.4. The number of nitrogens with zero attached hydrogens (tertiary/aromatic N) is 3. The highest BCUT2D eigenvalue weighted by atomic mass is 19.1. The molecular weight excluding hydrogens is 487 g/mol. The number of nitriles is 1. The molecule has 3 heterocycles. The molecule has 0 saturated carbocycles. The molecule has 0 radical (unpaired) electrons. The number of rotatable bonds is 7. The number of furan rings is 1. The van der Waals surface area contributed by atoms with Crippen molar-refractivity contribution in [1.82, 2.24) is 15.2 Å². The summed E-state index contributed by atoms with van der Waals surface area (Å²) in [6, 6.07) is 16.5. The Morgan fingerprint density at radius 2 is 2.00 bits per heavy atom. The third kappa shape index (κ3) is 4.94. The molecule has 0 amide bonds. The first kappa shape index (κ1) is 25.7.